The number of aryl methyl sites for hydroxylation is 2. The Balaban J connectivity index is 1.89. The summed E-state index contributed by atoms with van der Waals surface area (Å²) < 4.78 is 0. The van der Waals surface area contributed by atoms with Crippen LogP contribution in [0.5, 0.6) is 0 Å². The zero-order valence-corrected chi connectivity index (χ0v) is 13.1. The zero-order valence-electron chi connectivity index (χ0n) is 13.1. The Bertz CT molecular complexity index is 729. The third kappa shape index (κ3) is 4.54. The van der Waals surface area contributed by atoms with E-state index in [9.17, 15) is 14.9 Å². The van der Waals surface area contributed by atoms with Gasteiger partial charge in [-0.25, -0.2) is 0 Å². The fourth-order valence-corrected chi connectivity index (χ4v) is 2.26. The normalized spacial score (nSPS) is 10.2. The summed E-state index contributed by atoms with van der Waals surface area (Å²) in [4.78, 5) is 22.4. The number of amides is 1. The Kier molecular flexibility index (Phi) is 5.30. The molecule has 2 N–H and O–H groups in total. The molecule has 23 heavy (non-hydrogen) atoms. The van der Waals surface area contributed by atoms with Gasteiger partial charge in [0.05, 0.1) is 4.92 Å². The average Bonchev–Trinajstić information content (AvgIpc) is 2.50. The predicted octanol–water partition coefficient (Wildman–Crippen LogP) is 3.65. The topological polar surface area (TPSA) is 84.3 Å². The third-order valence-electron chi connectivity index (χ3n) is 3.42. The minimum absolute atomic E-state index is 0.00212. The van der Waals surface area contributed by atoms with Crippen LogP contribution in [0.1, 0.15) is 17.5 Å². The lowest BCUT2D eigenvalue weighted by atomic mass is 10.1. The van der Waals surface area contributed by atoms with Crippen LogP contribution in [0.2, 0.25) is 0 Å². The van der Waals surface area contributed by atoms with Gasteiger partial charge in [0.2, 0.25) is 5.91 Å². The van der Waals surface area contributed by atoms with E-state index in [0.717, 1.165) is 16.8 Å². The second kappa shape index (κ2) is 7.40. The van der Waals surface area contributed by atoms with Crippen molar-refractivity contribution >= 4 is 23.0 Å². The highest BCUT2D eigenvalue weighted by molar-refractivity contribution is 5.91. The molecule has 0 spiro atoms. The fraction of sp³-hybridized carbons (Fsp3) is 0.235. The van der Waals surface area contributed by atoms with Gasteiger partial charge in [-0.15, -0.1) is 0 Å². The maximum atomic E-state index is 12.0. The molecule has 6 nitrogen and oxygen atoms in total. The summed E-state index contributed by atoms with van der Waals surface area (Å²) in [5.41, 5.74) is 3.34. The van der Waals surface area contributed by atoms with Crippen molar-refractivity contribution < 1.29 is 9.72 Å². The van der Waals surface area contributed by atoms with Gasteiger partial charge in [-0.3, -0.25) is 14.9 Å². The van der Waals surface area contributed by atoms with Crippen molar-refractivity contribution in [2.24, 2.45) is 0 Å². The van der Waals surface area contributed by atoms with E-state index in [2.05, 4.69) is 10.6 Å². The van der Waals surface area contributed by atoms with Gasteiger partial charge in [0.1, 0.15) is 5.69 Å². The highest BCUT2D eigenvalue weighted by atomic mass is 16.6. The van der Waals surface area contributed by atoms with Gasteiger partial charge in [-0.2, -0.15) is 0 Å². The van der Waals surface area contributed by atoms with Gasteiger partial charge in [-0.1, -0.05) is 29.8 Å². The highest BCUT2D eigenvalue weighted by Crippen LogP contribution is 2.23. The van der Waals surface area contributed by atoms with E-state index in [1.165, 1.54) is 6.07 Å². The van der Waals surface area contributed by atoms with Crippen LogP contribution in [0.15, 0.2) is 42.5 Å². The molecule has 0 unspecified atom stereocenters. The first-order valence-corrected chi connectivity index (χ1v) is 7.32. The molecule has 0 heterocycles. The highest BCUT2D eigenvalue weighted by Gasteiger charge is 2.12. The number of carbonyl (C=O) groups is 1. The maximum absolute atomic E-state index is 12.0. The Morgan fingerprint density at radius 3 is 2.57 bits per heavy atom. The molecule has 2 aromatic carbocycles. The van der Waals surface area contributed by atoms with Crippen molar-refractivity contribution in [2.75, 3.05) is 17.2 Å². The molecule has 2 aromatic rings. The average molecular weight is 313 g/mol. The number of benzene rings is 2. The van der Waals surface area contributed by atoms with Crippen molar-refractivity contribution in [1.29, 1.82) is 0 Å². The molecule has 2 rings (SSSR count). The Morgan fingerprint density at radius 1 is 1.13 bits per heavy atom. The fourth-order valence-electron chi connectivity index (χ4n) is 2.26. The molecule has 0 aliphatic carbocycles. The maximum Gasteiger partial charge on any atom is 0.292 e. The van der Waals surface area contributed by atoms with E-state index in [1.54, 1.807) is 18.2 Å². The second-order valence-electron chi connectivity index (χ2n) is 5.32. The minimum Gasteiger partial charge on any atom is -0.379 e. The molecule has 0 saturated carbocycles. The number of hydrogen-bond acceptors (Lipinski definition) is 4. The van der Waals surface area contributed by atoms with Crippen molar-refractivity contribution in [3.8, 4) is 0 Å². The lowest BCUT2D eigenvalue weighted by Crippen LogP contribution is -2.17. The standard InChI is InChI=1S/C17H19N3O3/c1-12-7-8-14(13(2)11-12)19-17(21)9-10-18-15-5-3-4-6-16(15)20(22)23/h3-8,11,18H,9-10H2,1-2H3,(H,19,21). The van der Waals surface area contributed by atoms with Crippen molar-refractivity contribution in [2.45, 2.75) is 20.3 Å². The Labute approximate surface area is 134 Å². The van der Waals surface area contributed by atoms with Crippen LogP contribution >= 0.6 is 0 Å². The molecule has 0 aromatic heterocycles. The van der Waals surface area contributed by atoms with Crippen LogP contribution in [0.4, 0.5) is 17.1 Å². The van der Waals surface area contributed by atoms with Crippen molar-refractivity contribution in [1.82, 2.24) is 0 Å². The van der Waals surface area contributed by atoms with E-state index in [4.69, 9.17) is 0 Å². The van der Waals surface area contributed by atoms with Gasteiger partial charge in [0.25, 0.3) is 5.69 Å². The first-order valence-electron chi connectivity index (χ1n) is 7.32. The van der Waals surface area contributed by atoms with E-state index >= 15 is 0 Å². The molecule has 0 bridgehead atoms. The smallest absolute Gasteiger partial charge is 0.292 e. The third-order valence-corrected chi connectivity index (χ3v) is 3.42. The van der Waals surface area contributed by atoms with Crippen LogP contribution in [-0.2, 0) is 4.79 Å². The van der Waals surface area contributed by atoms with Crippen LogP contribution in [0.3, 0.4) is 0 Å². The summed E-state index contributed by atoms with van der Waals surface area (Å²) in [6, 6.07) is 12.2. The summed E-state index contributed by atoms with van der Waals surface area (Å²) in [6.45, 7) is 4.26. The van der Waals surface area contributed by atoms with Crippen LogP contribution in [0, 0.1) is 24.0 Å². The zero-order chi connectivity index (χ0) is 16.8. The number of nitrogens with one attached hydrogen (secondary N) is 2. The minimum atomic E-state index is -0.446. The van der Waals surface area contributed by atoms with Crippen molar-refractivity contribution in [3.05, 3.63) is 63.7 Å². The van der Waals surface area contributed by atoms with E-state index in [0.29, 0.717) is 12.2 Å². The second-order valence-corrected chi connectivity index (χ2v) is 5.32. The summed E-state index contributed by atoms with van der Waals surface area (Å²) >= 11 is 0. The largest absolute Gasteiger partial charge is 0.379 e. The van der Waals surface area contributed by atoms with Gasteiger partial charge < -0.3 is 10.6 Å². The SMILES string of the molecule is Cc1ccc(NC(=O)CCNc2ccccc2[N+](=O)[O-])c(C)c1. The van der Waals surface area contributed by atoms with E-state index < -0.39 is 4.92 Å². The monoisotopic (exact) mass is 313 g/mol. The number of nitro groups is 1. The summed E-state index contributed by atoms with van der Waals surface area (Å²) in [5.74, 6) is -0.136. The van der Waals surface area contributed by atoms with Gasteiger partial charge in [0, 0.05) is 24.7 Å². The first kappa shape index (κ1) is 16.5. The molecule has 0 aliphatic rings. The number of para-hydroxylation sites is 2. The number of carbonyl (C=O) groups excluding carboxylic acids is 1. The molecular formula is C17H19N3O3. The molecule has 0 radical (unpaired) electrons. The molecule has 120 valence electrons. The lowest BCUT2D eigenvalue weighted by molar-refractivity contribution is -0.384. The Morgan fingerprint density at radius 2 is 1.87 bits per heavy atom. The molecule has 1 amide bonds. The van der Waals surface area contributed by atoms with Gasteiger partial charge in [-0.05, 0) is 31.5 Å². The van der Waals surface area contributed by atoms with Gasteiger partial charge in [0.15, 0.2) is 0 Å². The molecule has 0 fully saturated rings. The quantitative estimate of drug-likeness (QED) is 0.629. The molecule has 0 saturated heterocycles. The number of anilines is 2. The molecule has 0 aliphatic heterocycles. The molecule has 6 heteroatoms. The number of nitrogens with zero attached hydrogens (tertiary/aromatic N) is 1. The molecule has 0 atom stereocenters. The Hall–Kier alpha value is -2.89. The first-order chi connectivity index (χ1) is 11.0. The van der Waals surface area contributed by atoms with Crippen LogP contribution in [-0.4, -0.2) is 17.4 Å². The summed E-state index contributed by atoms with van der Waals surface area (Å²) in [7, 11) is 0. The number of nitro benzene ring substituents is 1. The summed E-state index contributed by atoms with van der Waals surface area (Å²) in [6.07, 6.45) is 0.222. The number of rotatable bonds is 6. The van der Waals surface area contributed by atoms with Crippen LogP contribution < -0.4 is 10.6 Å². The summed E-state index contributed by atoms with van der Waals surface area (Å²) in [5, 5.41) is 16.7. The number of hydrogen-bond donors (Lipinski definition) is 2. The van der Waals surface area contributed by atoms with Gasteiger partial charge >= 0.3 is 0 Å². The van der Waals surface area contributed by atoms with Crippen molar-refractivity contribution in [3.63, 3.8) is 0 Å². The predicted molar refractivity (Wildman–Crippen MR) is 90.7 cm³/mol. The van der Waals surface area contributed by atoms with E-state index in [-0.39, 0.29) is 18.0 Å². The molecular weight excluding hydrogens is 294 g/mol. The van der Waals surface area contributed by atoms with E-state index in [1.807, 2.05) is 32.0 Å². The lowest BCUT2D eigenvalue weighted by Gasteiger charge is -2.10. The van der Waals surface area contributed by atoms with Crippen LogP contribution in [0.25, 0.3) is 0 Å².